The molecule has 0 fully saturated rings. The summed E-state index contributed by atoms with van der Waals surface area (Å²) >= 11 is 7.62. The number of carbonyl (C=O) groups excluding carboxylic acids is 1. The Morgan fingerprint density at radius 1 is 1.42 bits per heavy atom. The van der Waals surface area contributed by atoms with Crippen molar-refractivity contribution in [3.63, 3.8) is 0 Å². The molecular weight excluding hydrogens is 282 g/mol. The second-order valence-corrected chi connectivity index (χ2v) is 5.39. The molecule has 0 saturated heterocycles. The Kier molecular flexibility index (Phi) is 5.30. The van der Waals surface area contributed by atoms with Gasteiger partial charge >= 0.3 is 0 Å². The van der Waals surface area contributed by atoms with E-state index in [1.807, 2.05) is 24.3 Å². The molecule has 1 aromatic carbocycles. The minimum absolute atomic E-state index is 0.0101. The quantitative estimate of drug-likeness (QED) is 0.806. The highest BCUT2D eigenvalue weighted by Gasteiger charge is 2.04. The molecule has 0 atom stereocenters. The van der Waals surface area contributed by atoms with Gasteiger partial charge in [0.2, 0.25) is 5.91 Å². The lowest BCUT2D eigenvalue weighted by atomic mass is 10.4. The maximum absolute atomic E-state index is 11.6. The monoisotopic (exact) mass is 295 g/mol. The second-order valence-electron chi connectivity index (χ2n) is 3.84. The number of rotatable bonds is 6. The first-order valence-electron chi connectivity index (χ1n) is 5.88. The topological polar surface area (TPSA) is 57.8 Å². The third kappa shape index (κ3) is 4.61. The Hall–Kier alpha value is -1.46. The third-order valence-electron chi connectivity index (χ3n) is 2.43. The van der Waals surface area contributed by atoms with Gasteiger partial charge in [-0.05, 0) is 12.1 Å². The molecule has 4 nitrogen and oxygen atoms in total. The number of hydrogen-bond acceptors (Lipinski definition) is 3. The molecule has 1 heterocycles. The van der Waals surface area contributed by atoms with Crippen LogP contribution in [0.3, 0.4) is 0 Å². The van der Waals surface area contributed by atoms with E-state index in [0.29, 0.717) is 18.7 Å². The summed E-state index contributed by atoms with van der Waals surface area (Å²) in [5.74, 6) is 1.47. The Morgan fingerprint density at radius 2 is 2.26 bits per heavy atom. The van der Waals surface area contributed by atoms with E-state index in [1.165, 1.54) is 0 Å². The molecule has 0 radical (unpaired) electrons. The van der Waals surface area contributed by atoms with E-state index in [1.54, 1.807) is 24.2 Å². The Balaban J connectivity index is 1.68. The maximum Gasteiger partial charge on any atom is 0.221 e. The first-order chi connectivity index (χ1) is 9.25. The number of nitrogens with zero attached hydrogens (tertiary/aromatic N) is 1. The molecule has 0 saturated carbocycles. The van der Waals surface area contributed by atoms with Gasteiger partial charge in [0.05, 0.1) is 11.6 Å². The van der Waals surface area contributed by atoms with Crippen molar-refractivity contribution in [1.29, 1.82) is 0 Å². The first kappa shape index (κ1) is 14.0. The van der Waals surface area contributed by atoms with Crippen molar-refractivity contribution in [1.82, 2.24) is 15.3 Å². The number of hydrogen-bond donors (Lipinski definition) is 2. The van der Waals surface area contributed by atoms with Gasteiger partial charge < -0.3 is 10.3 Å². The molecule has 1 aromatic heterocycles. The van der Waals surface area contributed by atoms with Crippen molar-refractivity contribution in [3.8, 4) is 0 Å². The smallest absolute Gasteiger partial charge is 0.221 e. The summed E-state index contributed by atoms with van der Waals surface area (Å²) in [4.78, 5) is 19.6. The van der Waals surface area contributed by atoms with Crippen LogP contribution in [0.1, 0.15) is 12.2 Å². The number of nitrogens with one attached hydrogen (secondary N) is 2. The highest BCUT2D eigenvalue weighted by Crippen LogP contribution is 2.26. The standard InChI is InChI=1S/C13H14ClN3OS/c14-10-3-1-2-4-11(10)19-8-5-13(18)17-9-12-15-6-7-16-12/h1-4,6-7H,5,8-9H2,(H,15,16)(H,17,18). The fraction of sp³-hybridized carbons (Fsp3) is 0.231. The molecule has 0 spiro atoms. The van der Waals surface area contributed by atoms with Crippen LogP contribution in [0.15, 0.2) is 41.6 Å². The van der Waals surface area contributed by atoms with Gasteiger partial charge in [-0.25, -0.2) is 4.98 Å². The van der Waals surface area contributed by atoms with Crippen molar-refractivity contribution in [2.24, 2.45) is 0 Å². The fourth-order valence-electron chi connectivity index (χ4n) is 1.48. The molecule has 0 aliphatic heterocycles. The van der Waals surface area contributed by atoms with Crippen molar-refractivity contribution >= 4 is 29.3 Å². The Labute approximate surface area is 121 Å². The number of benzene rings is 1. The van der Waals surface area contributed by atoms with E-state index < -0.39 is 0 Å². The van der Waals surface area contributed by atoms with Crippen LogP contribution in [-0.4, -0.2) is 21.6 Å². The summed E-state index contributed by atoms with van der Waals surface area (Å²) in [7, 11) is 0. The molecule has 0 aliphatic carbocycles. The summed E-state index contributed by atoms with van der Waals surface area (Å²) < 4.78 is 0. The third-order valence-corrected chi connectivity index (χ3v) is 3.95. The van der Waals surface area contributed by atoms with Gasteiger partial charge in [0.15, 0.2) is 0 Å². The molecule has 1 amide bonds. The number of aromatic nitrogens is 2. The number of carbonyl (C=O) groups is 1. The van der Waals surface area contributed by atoms with E-state index in [-0.39, 0.29) is 5.91 Å². The summed E-state index contributed by atoms with van der Waals surface area (Å²) in [6.07, 6.45) is 3.85. The van der Waals surface area contributed by atoms with Gasteiger partial charge in [0.1, 0.15) is 5.82 Å². The van der Waals surface area contributed by atoms with Crippen LogP contribution in [0.2, 0.25) is 5.02 Å². The van der Waals surface area contributed by atoms with E-state index in [2.05, 4.69) is 15.3 Å². The lowest BCUT2D eigenvalue weighted by Gasteiger charge is -2.04. The summed E-state index contributed by atoms with van der Waals surface area (Å²) in [6, 6.07) is 7.63. The highest BCUT2D eigenvalue weighted by atomic mass is 35.5. The Bertz CT molecular complexity index is 530. The zero-order valence-electron chi connectivity index (χ0n) is 10.2. The van der Waals surface area contributed by atoms with Crippen LogP contribution in [0.5, 0.6) is 0 Å². The van der Waals surface area contributed by atoms with Crippen molar-refractivity contribution in [2.45, 2.75) is 17.9 Å². The van der Waals surface area contributed by atoms with Gasteiger partial charge in [0, 0.05) is 29.5 Å². The molecule has 6 heteroatoms. The molecule has 19 heavy (non-hydrogen) atoms. The van der Waals surface area contributed by atoms with Crippen molar-refractivity contribution in [2.75, 3.05) is 5.75 Å². The molecule has 100 valence electrons. The van der Waals surface area contributed by atoms with Crippen LogP contribution < -0.4 is 5.32 Å². The van der Waals surface area contributed by atoms with Crippen LogP contribution >= 0.6 is 23.4 Å². The number of thioether (sulfide) groups is 1. The second kappa shape index (κ2) is 7.21. The van der Waals surface area contributed by atoms with Crippen LogP contribution in [-0.2, 0) is 11.3 Å². The fourth-order valence-corrected chi connectivity index (χ4v) is 2.67. The Morgan fingerprint density at radius 3 is 3.00 bits per heavy atom. The molecule has 2 N–H and O–H groups in total. The summed E-state index contributed by atoms with van der Waals surface area (Å²) in [5.41, 5.74) is 0. The van der Waals surface area contributed by atoms with E-state index >= 15 is 0 Å². The molecular formula is C13H14ClN3OS. The predicted molar refractivity (Wildman–Crippen MR) is 77.2 cm³/mol. The average Bonchev–Trinajstić information content (AvgIpc) is 2.92. The SMILES string of the molecule is O=C(CCSc1ccccc1Cl)NCc1ncc[nH]1. The van der Waals surface area contributed by atoms with Gasteiger partial charge in [-0.2, -0.15) is 0 Å². The van der Waals surface area contributed by atoms with E-state index in [9.17, 15) is 4.79 Å². The van der Waals surface area contributed by atoms with Crippen LogP contribution in [0.4, 0.5) is 0 Å². The molecule has 0 unspecified atom stereocenters. The molecule has 0 bridgehead atoms. The van der Waals surface area contributed by atoms with Crippen LogP contribution in [0.25, 0.3) is 0 Å². The van der Waals surface area contributed by atoms with Gasteiger partial charge in [0.25, 0.3) is 0 Å². The van der Waals surface area contributed by atoms with E-state index in [4.69, 9.17) is 11.6 Å². The minimum Gasteiger partial charge on any atom is -0.349 e. The zero-order valence-corrected chi connectivity index (χ0v) is 11.8. The normalized spacial score (nSPS) is 10.4. The zero-order chi connectivity index (χ0) is 13.5. The van der Waals surface area contributed by atoms with E-state index in [0.717, 1.165) is 15.7 Å². The number of amides is 1. The van der Waals surface area contributed by atoms with Gasteiger partial charge in [-0.3, -0.25) is 4.79 Å². The highest BCUT2D eigenvalue weighted by molar-refractivity contribution is 7.99. The average molecular weight is 296 g/mol. The van der Waals surface area contributed by atoms with Crippen LogP contribution in [0, 0.1) is 0 Å². The summed E-state index contributed by atoms with van der Waals surface area (Å²) in [5, 5.41) is 3.53. The lowest BCUT2D eigenvalue weighted by molar-refractivity contribution is -0.120. The number of halogens is 1. The molecule has 2 aromatic rings. The van der Waals surface area contributed by atoms with Crippen molar-refractivity contribution in [3.05, 3.63) is 47.5 Å². The number of H-pyrrole nitrogens is 1. The van der Waals surface area contributed by atoms with Crippen molar-refractivity contribution < 1.29 is 4.79 Å². The van der Waals surface area contributed by atoms with Gasteiger partial charge in [-0.15, -0.1) is 11.8 Å². The summed E-state index contributed by atoms with van der Waals surface area (Å²) in [6.45, 7) is 0.433. The number of aromatic amines is 1. The molecule has 0 aliphatic rings. The lowest BCUT2D eigenvalue weighted by Crippen LogP contribution is -2.23. The first-order valence-corrected chi connectivity index (χ1v) is 7.24. The minimum atomic E-state index is 0.0101. The van der Waals surface area contributed by atoms with Gasteiger partial charge in [-0.1, -0.05) is 23.7 Å². The largest absolute Gasteiger partial charge is 0.349 e. The molecule has 2 rings (SSSR count). The maximum atomic E-state index is 11.6. The number of imidazole rings is 1. The predicted octanol–water partition coefficient (Wildman–Crippen LogP) is 2.86.